The summed E-state index contributed by atoms with van der Waals surface area (Å²) in [4.78, 5) is 24.6. The minimum absolute atomic E-state index is 0.316. The maximum absolute atomic E-state index is 13.6. The van der Waals surface area contributed by atoms with Crippen LogP contribution in [0.2, 0.25) is 0 Å². The third kappa shape index (κ3) is 3.79. The molecule has 1 aromatic carbocycles. The largest absolute Gasteiger partial charge is 0.397 e. The molecule has 174 valence electrons. The molecule has 0 unspecified atom stereocenters. The van der Waals surface area contributed by atoms with Crippen molar-refractivity contribution in [2.45, 2.75) is 0 Å². The van der Waals surface area contributed by atoms with Gasteiger partial charge in [-0.05, 0) is 17.7 Å². The van der Waals surface area contributed by atoms with Gasteiger partial charge in [0.1, 0.15) is 5.82 Å². The Morgan fingerprint density at radius 2 is 1.71 bits per heavy atom. The number of nitrogens with two attached hydrogens (primary N) is 1. The molecular formula is C25H22N8O2. The molecule has 4 aromatic heterocycles. The van der Waals surface area contributed by atoms with Gasteiger partial charge in [-0.1, -0.05) is 30.3 Å². The predicted octanol–water partition coefficient (Wildman–Crippen LogP) is 2.42. The highest BCUT2D eigenvalue weighted by Crippen LogP contribution is 2.26. The maximum Gasteiger partial charge on any atom is 0.282 e. The van der Waals surface area contributed by atoms with Crippen molar-refractivity contribution in [3.05, 3.63) is 83.5 Å². The van der Waals surface area contributed by atoms with Gasteiger partial charge in [0.05, 0.1) is 36.4 Å². The number of fused-ring (bicyclic) bond motifs is 1. The number of rotatable bonds is 4. The topological polar surface area (TPSA) is 116 Å². The summed E-state index contributed by atoms with van der Waals surface area (Å²) in [5, 5.41) is 9.14. The number of nitrogen functional groups attached to an aromatic ring is 1. The van der Waals surface area contributed by atoms with E-state index in [9.17, 15) is 4.79 Å². The monoisotopic (exact) mass is 466 g/mol. The van der Waals surface area contributed by atoms with Gasteiger partial charge in [-0.3, -0.25) is 9.78 Å². The van der Waals surface area contributed by atoms with E-state index in [2.05, 4.69) is 15.0 Å². The van der Waals surface area contributed by atoms with Crippen molar-refractivity contribution < 1.29 is 4.74 Å². The summed E-state index contributed by atoms with van der Waals surface area (Å²) in [6.45, 7) is 2.61. The average Bonchev–Trinajstić information content (AvgIpc) is 3.34. The van der Waals surface area contributed by atoms with Crippen molar-refractivity contribution in [2.24, 2.45) is 0 Å². The van der Waals surface area contributed by atoms with Crippen LogP contribution in [0.5, 0.6) is 0 Å². The molecule has 6 rings (SSSR count). The number of aromatic nitrogens is 6. The molecule has 1 aliphatic heterocycles. The van der Waals surface area contributed by atoms with Gasteiger partial charge in [0.15, 0.2) is 11.5 Å². The van der Waals surface area contributed by atoms with Crippen LogP contribution < -0.4 is 16.2 Å². The van der Waals surface area contributed by atoms with Crippen LogP contribution in [0.4, 0.5) is 11.5 Å². The molecule has 0 aliphatic carbocycles. The summed E-state index contributed by atoms with van der Waals surface area (Å²) in [6.07, 6.45) is 4.94. The van der Waals surface area contributed by atoms with Crippen LogP contribution in [-0.4, -0.2) is 55.7 Å². The molecule has 5 heterocycles. The lowest BCUT2D eigenvalue weighted by Crippen LogP contribution is -2.37. The van der Waals surface area contributed by atoms with E-state index in [1.54, 1.807) is 16.9 Å². The van der Waals surface area contributed by atoms with Crippen molar-refractivity contribution >= 4 is 17.2 Å². The standard InChI is InChI=1S/C25H22N8O2/c26-19-16-28-33(25(34)24(19)18-4-2-1-3-5-18)22-15-23(31-10-12-35-13-11-31)32-21(29-22)14-20(30-32)17-6-8-27-9-7-17/h1-9,14-16H,10-13,26H2. The Hall–Kier alpha value is -4.57. The number of hydrogen-bond acceptors (Lipinski definition) is 8. The van der Waals surface area contributed by atoms with Crippen molar-refractivity contribution in [2.75, 3.05) is 36.9 Å². The molecule has 1 fully saturated rings. The van der Waals surface area contributed by atoms with E-state index in [1.165, 1.54) is 10.9 Å². The zero-order chi connectivity index (χ0) is 23.8. The van der Waals surface area contributed by atoms with E-state index >= 15 is 0 Å². The maximum atomic E-state index is 13.6. The zero-order valence-electron chi connectivity index (χ0n) is 18.8. The molecule has 35 heavy (non-hydrogen) atoms. The van der Waals surface area contributed by atoms with E-state index in [0.717, 1.165) is 22.6 Å². The fraction of sp³-hybridized carbons (Fsp3) is 0.160. The van der Waals surface area contributed by atoms with Crippen LogP contribution in [0.25, 0.3) is 33.8 Å². The number of ether oxygens (including phenoxy) is 1. The van der Waals surface area contributed by atoms with Crippen LogP contribution in [-0.2, 0) is 4.74 Å². The third-order valence-corrected chi connectivity index (χ3v) is 5.99. The third-order valence-electron chi connectivity index (χ3n) is 5.99. The Morgan fingerprint density at radius 3 is 2.49 bits per heavy atom. The molecule has 0 atom stereocenters. The summed E-state index contributed by atoms with van der Waals surface area (Å²) < 4.78 is 8.63. The van der Waals surface area contributed by atoms with Gasteiger partial charge in [-0.2, -0.15) is 19.4 Å². The second-order valence-electron chi connectivity index (χ2n) is 8.17. The highest BCUT2D eigenvalue weighted by molar-refractivity contribution is 5.75. The SMILES string of the molecule is Nc1cnn(-c2cc(N3CCOCC3)n3nc(-c4ccncc4)cc3n2)c(=O)c1-c1ccccc1. The van der Waals surface area contributed by atoms with Gasteiger partial charge >= 0.3 is 0 Å². The number of hydrogen-bond donors (Lipinski definition) is 1. The molecule has 0 bridgehead atoms. The van der Waals surface area contributed by atoms with E-state index in [-0.39, 0.29) is 5.56 Å². The van der Waals surface area contributed by atoms with Crippen molar-refractivity contribution in [3.8, 4) is 28.2 Å². The summed E-state index contributed by atoms with van der Waals surface area (Å²) in [5.74, 6) is 1.20. The fourth-order valence-corrected chi connectivity index (χ4v) is 4.26. The smallest absolute Gasteiger partial charge is 0.282 e. The number of benzene rings is 1. The van der Waals surface area contributed by atoms with Gasteiger partial charge in [-0.25, -0.2) is 4.98 Å². The molecule has 0 radical (unpaired) electrons. The quantitative estimate of drug-likeness (QED) is 0.429. The first-order valence-corrected chi connectivity index (χ1v) is 11.3. The van der Waals surface area contributed by atoms with Crippen molar-refractivity contribution in [1.82, 2.24) is 29.4 Å². The van der Waals surface area contributed by atoms with Crippen LogP contribution in [0.1, 0.15) is 0 Å². The molecule has 2 N–H and O–H groups in total. The van der Waals surface area contributed by atoms with Crippen LogP contribution in [0.3, 0.4) is 0 Å². The molecule has 0 saturated carbocycles. The Bertz CT molecular complexity index is 1560. The Kier molecular flexibility index (Phi) is 5.19. The van der Waals surface area contributed by atoms with Crippen LogP contribution >= 0.6 is 0 Å². The molecule has 5 aromatic rings. The second kappa shape index (κ2) is 8.65. The van der Waals surface area contributed by atoms with Gasteiger partial charge in [0.2, 0.25) is 0 Å². The fourth-order valence-electron chi connectivity index (χ4n) is 4.26. The molecule has 0 amide bonds. The first-order chi connectivity index (χ1) is 17.2. The van der Waals surface area contributed by atoms with Gasteiger partial charge in [0, 0.05) is 43.2 Å². The lowest BCUT2D eigenvalue weighted by atomic mass is 10.1. The van der Waals surface area contributed by atoms with E-state index < -0.39 is 0 Å². The number of anilines is 2. The molecule has 1 saturated heterocycles. The Morgan fingerprint density at radius 1 is 0.943 bits per heavy atom. The van der Waals surface area contributed by atoms with Crippen molar-refractivity contribution in [3.63, 3.8) is 0 Å². The van der Waals surface area contributed by atoms with Crippen molar-refractivity contribution in [1.29, 1.82) is 0 Å². The number of pyridine rings is 1. The summed E-state index contributed by atoms with van der Waals surface area (Å²) >= 11 is 0. The van der Waals surface area contributed by atoms with E-state index in [1.807, 2.05) is 54.6 Å². The minimum Gasteiger partial charge on any atom is -0.397 e. The lowest BCUT2D eigenvalue weighted by Gasteiger charge is -2.29. The molecule has 10 nitrogen and oxygen atoms in total. The summed E-state index contributed by atoms with van der Waals surface area (Å²) in [6, 6.07) is 16.9. The normalized spacial score (nSPS) is 13.9. The van der Waals surface area contributed by atoms with Crippen LogP contribution in [0.15, 0.2) is 78.0 Å². The van der Waals surface area contributed by atoms with E-state index in [4.69, 9.17) is 20.6 Å². The minimum atomic E-state index is -0.338. The summed E-state index contributed by atoms with van der Waals surface area (Å²) in [7, 11) is 0. The lowest BCUT2D eigenvalue weighted by molar-refractivity contribution is 0.122. The van der Waals surface area contributed by atoms with Gasteiger partial charge in [0.25, 0.3) is 5.56 Å². The number of morpholine rings is 1. The molecule has 10 heteroatoms. The van der Waals surface area contributed by atoms with Crippen LogP contribution in [0, 0.1) is 0 Å². The molecular weight excluding hydrogens is 444 g/mol. The molecule has 0 spiro atoms. The van der Waals surface area contributed by atoms with E-state index in [0.29, 0.717) is 49.0 Å². The van der Waals surface area contributed by atoms with Gasteiger partial charge in [-0.15, -0.1) is 0 Å². The number of nitrogens with zero attached hydrogens (tertiary/aromatic N) is 7. The average molecular weight is 467 g/mol. The highest BCUT2D eigenvalue weighted by Gasteiger charge is 2.21. The second-order valence-corrected chi connectivity index (χ2v) is 8.17. The first kappa shape index (κ1) is 21.0. The Labute approximate surface area is 200 Å². The zero-order valence-corrected chi connectivity index (χ0v) is 18.8. The van der Waals surface area contributed by atoms with Gasteiger partial charge < -0.3 is 15.4 Å². The molecule has 1 aliphatic rings. The first-order valence-electron chi connectivity index (χ1n) is 11.3. The predicted molar refractivity (Wildman–Crippen MR) is 132 cm³/mol. The highest BCUT2D eigenvalue weighted by atomic mass is 16.5. The summed E-state index contributed by atoms with van der Waals surface area (Å²) in [5.41, 5.74) is 9.55. The Balaban J connectivity index is 1.56.